The van der Waals surface area contributed by atoms with E-state index in [-0.39, 0.29) is 12.1 Å². The van der Waals surface area contributed by atoms with Gasteiger partial charge in [-0.2, -0.15) is 0 Å². The minimum atomic E-state index is -0.401. The van der Waals surface area contributed by atoms with Gasteiger partial charge in [-0.05, 0) is 71.0 Å². The Morgan fingerprint density at radius 2 is 1.60 bits per heavy atom. The quantitative estimate of drug-likeness (QED) is 0.626. The van der Waals surface area contributed by atoms with Crippen LogP contribution in [0, 0.1) is 13.8 Å². The molecule has 1 rings (SSSR count). The van der Waals surface area contributed by atoms with Crippen molar-refractivity contribution < 1.29 is 14.3 Å². The minimum Gasteiger partial charge on any atom is -0.471 e. The molecule has 1 aromatic carbocycles. The zero-order chi connectivity index (χ0) is 19.0. The summed E-state index contributed by atoms with van der Waals surface area (Å²) in [4.78, 5) is 16.4. The van der Waals surface area contributed by atoms with Crippen molar-refractivity contribution >= 4 is 6.09 Å². The maximum absolute atomic E-state index is 12.5. The summed E-state index contributed by atoms with van der Waals surface area (Å²) in [5.41, 5.74) is 2.28. The van der Waals surface area contributed by atoms with Crippen molar-refractivity contribution in [1.82, 2.24) is 9.80 Å². The van der Waals surface area contributed by atoms with Crippen molar-refractivity contribution in [2.24, 2.45) is 0 Å². The van der Waals surface area contributed by atoms with E-state index in [0.29, 0.717) is 6.61 Å². The van der Waals surface area contributed by atoms with Gasteiger partial charge in [-0.25, -0.2) is 4.79 Å². The van der Waals surface area contributed by atoms with Crippen molar-refractivity contribution in [2.75, 3.05) is 26.2 Å². The highest BCUT2D eigenvalue weighted by molar-refractivity contribution is 5.68. The Balaban J connectivity index is 2.69. The van der Waals surface area contributed by atoms with Gasteiger partial charge in [0.05, 0.1) is 0 Å². The van der Waals surface area contributed by atoms with E-state index < -0.39 is 6.23 Å². The van der Waals surface area contributed by atoms with E-state index in [4.69, 9.17) is 9.47 Å². The fraction of sp³-hybridized carbons (Fsp3) is 0.650. The largest absolute Gasteiger partial charge is 0.471 e. The van der Waals surface area contributed by atoms with Gasteiger partial charge in [0.2, 0.25) is 0 Å². The van der Waals surface area contributed by atoms with Crippen LogP contribution < -0.4 is 4.74 Å². The Morgan fingerprint density at radius 1 is 1.04 bits per heavy atom. The van der Waals surface area contributed by atoms with Gasteiger partial charge in [-0.15, -0.1) is 0 Å². The molecule has 5 heteroatoms. The monoisotopic (exact) mass is 350 g/mol. The highest BCUT2D eigenvalue weighted by atomic mass is 16.6. The van der Waals surface area contributed by atoms with Crippen LogP contribution in [0.25, 0.3) is 0 Å². The summed E-state index contributed by atoms with van der Waals surface area (Å²) in [6.45, 7) is 17.1. The first kappa shape index (κ1) is 21.3. The van der Waals surface area contributed by atoms with Gasteiger partial charge in [0.1, 0.15) is 12.4 Å². The summed E-state index contributed by atoms with van der Waals surface area (Å²) in [7, 11) is 0. The minimum absolute atomic E-state index is 0.0122. The summed E-state index contributed by atoms with van der Waals surface area (Å²) in [5, 5.41) is 0. The number of carbonyl (C=O) groups excluding carboxylic acids is 1. The molecule has 0 bridgehead atoms. The van der Waals surface area contributed by atoms with Gasteiger partial charge in [0.15, 0.2) is 6.23 Å². The Bertz CT molecular complexity index is 521. The lowest BCUT2D eigenvalue weighted by atomic mass is 10.1. The fourth-order valence-electron chi connectivity index (χ4n) is 2.91. The Hall–Kier alpha value is -1.75. The number of benzene rings is 1. The zero-order valence-corrected chi connectivity index (χ0v) is 16.8. The summed E-state index contributed by atoms with van der Waals surface area (Å²) in [5.74, 6) is 0.770. The maximum atomic E-state index is 12.5. The van der Waals surface area contributed by atoms with Crippen LogP contribution in [0.2, 0.25) is 0 Å². The number of hydrogen-bond donors (Lipinski definition) is 0. The lowest BCUT2D eigenvalue weighted by Gasteiger charge is -2.32. The molecule has 1 atom stereocenters. The summed E-state index contributed by atoms with van der Waals surface area (Å²) in [6, 6.07) is 6.04. The molecule has 0 saturated heterocycles. The van der Waals surface area contributed by atoms with Crippen LogP contribution in [0.15, 0.2) is 18.2 Å². The Labute approximate surface area is 152 Å². The lowest BCUT2D eigenvalue weighted by Crippen LogP contribution is -2.47. The predicted octanol–water partition coefficient (Wildman–Crippen LogP) is 4.22. The molecule has 0 radical (unpaired) electrons. The summed E-state index contributed by atoms with van der Waals surface area (Å²) < 4.78 is 11.5. The summed E-state index contributed by atoms with van der Waals surface area (Å²) in [6.07, 6.45) is -0.735. The summed E-state index contributed by atoms with van der Waals surface area (Å²) >= 11 is 0. The second-order valence-electron chi connectivity index (χ2n) is 6.68. The molecule has 142 valence electrons. The van der Waals surface area contributed by atoms with Crippen LogP contribution in [0.5, 0.6) is 5.75 Å². The molecule has 0 aliphatic rings. The van der Waals surface area contributed by atoms with Gasteiger partial charge in [-0.3, -0.25) is 4.90 Å². The molecule has 0 heterocycles. The van der Waals surface area contributed by atoms with Gasteiger partial charge in [0.25, 0.3) is 0 Å². The Kier molecular flexibility index (Phi) is 8.76. The van der Waals surface area contributed by atoms with Crippen molar-refractivity contribution in [2.45, 2.75) is 60.7 Å². The van der Waals surface area contributed by atoms with Crippen LogP contribution in [0.3, 0.4) is 0 Å². The number of hydrogen-bond acceptors (Lipinski definition) is 4. The van der Waals surface area contributed by atoms with Gasteiger partial charge in [-0.1, -0.05) is 19.9 Å². The number of carbonyl (C=O) groups is 1. The third kappa shape index (κ3) is 6.94. The topological polar surface area (TPSA) is 42.0 Å². The molecule has 0 N–H and O–H groups in total. The van der Waals surface area contributed by atoms with E-state index in [1.807, 2.05) is 46.8 Å². The predicted molar refractivity (Wildman–Crippen MR) is 102 cm³/mol. The van der Waals surface area contributed by atoms with Crippen LogP contribution in [-0.2, 0) is 4.74 Å². The molecule has 1 amide bonds. The molecule has 1 aromatic rings. The fourth-order valence-corrected chi connectivity index (χ4v) is 2.91. The molecule has 0 aromatic heterocycles. The molecule has 0 aliphatic carbocycles. The Morgan fingerprint density at radius 3 is 2.08 bits per heavy atom. The first-order valence-corrected chi connectivity index (χ1v) is 9.20. The normalized spacial score (nSPS) is 12.4. The van der Waals surface area contributed by atoms with Gasteiger partial charge >= 0.3 is 6.09 Å². The first-order chi connectivity index (χ1) is 11.8. The van der Waals surface area contributed by atoms with Crippen molar-refractivity contribution in [3.05, 3.63) is 29.3 Å². The molecule has 0 spiro atoms. The highest BCUT2D eigenvalue weighted by Gasteiger charge is 2.26. The number of likely N-dealkylation sites (N-methyl/N-ethyl adjacent to an activating group) is 1. The lowest BCUT2D eigenvalue weighted by molar-refractivity contribution is 0.00638. The standard InChI is InChI=1S/C20H34N2O3/c1-8-21(9-2)10-11-24-20(23)22(15(3)4)18(7)25-19-13-16(5)12-17(6)14-19/h12-15,18H,8-11H2,1-7H3. The number of aryl methyl sites for hydroxylation is 2. The maximum Gasteiger partial charge on any atom is 0.412 e. The van der Waals surface area contributed by atoms with Crippen molar-refractivity contribution in [3.63, 3.8) is 0 Å². The van der Waals surface area contributed by atoms with Crippen molar-refractivity contribution in [1.29, 1.82) is 0 Å². The first-order valence-electron chi connectivity index (χ1n) is 9.20. The molecule has 0 aliphatic heterocycles. The van der Waals surface area contributed by atoms with Crippen LogP contribution in [0.1, 0.15) is 45.7 Å². The molecular formula is C20H34N2O3. The van der Waals surface area contributed by atoms with Crippen LogP contribution >= 0.6 is 0 Å². The SMILES string of the molecule is CCN(CC)CCOC(=O)N(C(C)C)C(C)Oc1cc(C)cc(C)c1. The molecule has 0 saturated carbocycles. The number of amides is 1. The van der Waals surface area contributed by atoms with Crippen molar-refractivity contribution in [3.8, 4) is 5.75 Å². The third-order valence-corrected chi connectivity index (χ3v) is 4.19. The highest BCUT2D eigenvalue weighted by Crippen LogP contribution is 2.20. The van der Waals surface area contributed by atoms with E-state index in [1.54, 1.807) is 4.90 Å². The van der Waals surface area contributed by atoms with E-state index in [2.05, 4.69) is 24.8 Å². The average molecular weight is 351 g/mol. The number of nitrogens with zero attached hydrogens (tertiary/aromatic N) is 2. The molecular weight excluding hydrogens is 316 g/mol. The molecule has 0 fully saturated rings. The van der Waals surface area contributed by atoms with Crippen LogP contribution in [0.4, 0.5) is 4.79 Å². The number of rotatable bonds is 9. The van der Waals surface area contributed by atoms with Gasteiger partial charge < -0.3 is 14.4 Å². The van der Waals surface area contributed by atoms with Gasteiger partial charge in [0, 0.05) is 12.6 Å². The van der Waals surface area contributed by atoms with Crippen LogP contribution in [-0.4, -0.2) is 54.4 Å². The third-order valence-electron chi connectivity index (χ3n) is 4.19. The zero-order valence-electron chi connectivity index (χ0n) is 16.8. The van der Waals surface area contributed by atoms with E-state index in [0.717, 1.165) is 36.5 Å². The molecule has 5 nitrogen and oxygen atoms in total. The molecule has 25 heavy (non-hydrogen) atoms. The number of ether oxygens (including phenoxy) is 2. The second kappa shape index (κ2) is 10.3. The smallest absolute Gasteiger partial charge is 0.412 e. The molecule has 1 unspecified atom stereocenters. The second-order valence-corrected chi connectivity index (χ2v) is 6.68. The van der Waals surface area contributed by atoms with E-state index in [1.165, 1.54) is 0 Å². The van der Waals surface area contributed by atoms with E-state index >= 15 is 0 Å². The van der Waals surface area contributed by atoms with E-state index in [9.17, 15) is 4.79 Å². The average Bonchev–Trinajstić information content (AvgIpc) is 2.50.